The average molecular weight is 467 g/mol. The van der Waals surface area contributed by atoms with Crippen molar-refractivity contribution < 1.29 is 9.53 Å². The first-order valence-corrected chi connectivity index (χ1v) is 11.4. The zero-order chi connectivity index (χ0) is 22.7. The summed E-state index contributed by atoms with van der Waals surface area (Å²) in [5.41, 5.74) is 5.65. The minimum Gasteiger partial charge on any atom is -0.497 e. The van der Waals surface area contributed by atoms with Gasteiger partial charge < -0.3 is 10.1 Å². The number of nitrogens with zero attached hydrogens (tertiary/aromatic N) is 3. The molecule has 4 aromatic rings. The number of ether oxygens (including phenoxy) is 1. The number of anilines is 1. The minimum absolute atomic E-state index is 0.163. The van der Waals surface area contributed by atoms with Gasteiger partial charge in [0.2, 0.25) is 11.0 Å². The maximum Gasteiger partial charge on any atom is 0.230 e. The van der Waals surface area contributed by atoms with E-state index in [2.05, 4.69) is 22.4 Å². The fourth-order valence-electron chi connectivity index (χ4n) is 3.46. The Balaban J connectivity index is 1.48. The molecule has 8 heteroatoms. The maximum absolute atomic E-state index is 12.4. The lowest BCUT2D eigenvalue weighted by Gasteiger charge is -2.06. The summed E-state index contributed by atoms with van der Waals surface area (Å²) in [7, 11) is 1.66. The zero-order valence-electron chi connectivity index (χ0n) is 18.1. The topological polar surface area (TPSA) is 69.0 Å². The van der Waals surface area contributed by atoms with Gasteiger partial charge >= 0.3 is 0 Å². The Morgan fingerprint density at radius 3 is 2.62 bits per heavy atom. The molecule has 32 heavy (non-hydrogen) atoms. The number of methoxy groups -OCH3 is 1. The van der Waals surface area contributed by atoms with Crippen LogP contribution in [0.1, 0.15) is 28.2 Å². The van der Waals surface area contributed by atoms with Crippen molar-refractivity contribution in [3.05, 3.63) is 87.1 Å². The van der Waals surface area contributed by atoms with Crippen LogP contribution >= 0.6 is 22.9 Å². The highest BCUT2D eigenvalue weighted by Crippen LogP contribution is 2.25. The SMILES string of the molecule is COc1ccc(Cc2c(C)nn(-c3nc(CC(=O)Nc4ccccc4Cl)cs3)c2C)cc1. The summed E-state index contributed by atoms with van der Waals surface area (Å²) in [5.74, 6) is 0.676. The molecular weight excluding hydrogens is 444 g/mol. The molecule has 1 N–H and O–H groups in total. The molecule has 6 nitrogen and oxygen atoms in total. The minimum atomic E-state index is -0.163. The van der Waals surface area contributed by atoms with Crippen LogP contribution < -0.4 is 10.1 Å². The smallest absolute Gasteiger partial charge is 0.230 e. The Kier molecular flexibility index (Phi) is 6.58. The average Bonchev–Trinajstić information content (AvgIpc) is 3.35. The molecule has 4 rings (SSSR count). The van der Waals surface area contributed by atoms with Crippen molar-refractivity contribution in [1.29, 1.82) is 0 Å². The van der Waals surface area contributed by atoms with Crippen molar-refractivity contribution in [2.75, 3.05) is 12.4 Å². The number of thiazole rings is 1. The molecule has 2 heterocycles. The first-order valence-electron chi connectivity index (χ1n) is 10.1. The number of hydrogen-bond acceptors (Lipinski definition) is 5. The number of nitrogens with one attached hydrogen (secondary N) is 1. The monoisotopic (exact) mass is 466 g/mol. The van der Waals surface area contributed by atoms with Crippen LogP contribution in [0.3, 0.4) is 0 Å². The van der Waals surface area contributed by atoms with Gasteiger partial charge in [-0.3, -0.25) is 4.79 Å². The van der Waals surface area contributed by atoms with Crippen LogP contribution in [-0.4, -0.2) is 27.8 Å². The molecule has 0 saturated carbocycles. The third kappa shape index (κ3) is 4.84. The highest BCUT2D eigenvalue weighted by molar-refractivity contribution is 7.12. The van der Waals surface area contributed by atoms with Gasteiger partial charge in [-0.15, -0.1) is 11.3 Å². The summed E-state index contributed by atoms with van der Waals surface area (Å²) in [6, 6.07) is 15.2. The van der Waals surface area contributed by atoms with E-state index in [1.54, 1.807) is 19.2 Å². The first kappa shape index (κ1) is 22.0. The number of aryl methyl sites for hydroxylation is 1. The molecule has 2 aromatic carbocycles. The summed E-state index contributed by atoms with van der Waals surface area (Å²) in [5, 5.41) is 10.7. The van der Waals surface area contributed by atoms with E-state index >= 15 is 0 Å². The molecule has 0 aliphatic rings. The van der Waals surface area contributed by atoms with Gasteiger partial charge in [-0.1, -0.05) is 35.9 Å². The van der Waals surface area contributed by atoms with Gasteiger partial charge in [0.15, 0.2) is 0 Å². The van der Waals surface area contributed by atoms with E-state index in [0.717, 1.165) is 28.7 Å². The maximum atomic E-state index is 12.4. The second-order valence-corrected chi connectivity index (χ2v) is 8.66. The summed E-state index contributed by atoms with van der Waals surface area (Å²) in [6.07, 6.45) is 0.944. The summed E-state index contributed by atoms with van der Waals surface area (Å²) >= 11 is 7.59. The highest BCUT2D eigenvalue weighted by atomic mass is 35.5. The molecule has 2 aromatic heterocycles. The number of benzene rings is 2. The molecule has 0 fully saturated rings. The second kappa shape index (κ2) is 9.54. The largest absolute Gasteiger partial charge is 0.497 e. The molecule has 0 atom stereocenters. The van der Waals surface area contributed by atoms with Crippen LogP contribution in [0.15, 0.2) is 53.9 Å². The Hall–Kier alpha value is -3.16. The van der Waals surface area contributed by atoms with Gasteiger partial charge in [-0.25, -0.2) is 9.67 Å². The van der Waals surface area contributed by atoms with Crippen LogP contribution in [0.2, 0.25) is 5.02 Å². The van der Waals surface area contributed by atoms with Gasteiger partial charge in [-0.2, -0.15) is 5.10 Å². The predicted octanol–water partition coefficient (Wildman–Crippen LogP) is 5.38. The number of para-hydroxylation sites is 1. The van der Waals surface area contributed by atoms with Crippen LogP contribution in [-0.2, 0) is 17.6 Å². The summed E-state index contributed by atoms with van der Waals surface area (Å²) in [6.45, 7) is 4.05. The van der Waals surface area contributed by atoms with E-state index in [-0.39, 0.29) is 12.3 Å². The number of halogens is 1. The molecule has 0 bridgehead atoms. The normalized spacial score (nSPS) is 10.9. The fourth-order valence-corrected chi connectivity index (χ4v) is 4.47. The standard InChI is InChI=1S/C24H23ClN4O2S/c1-15-20(12-17-8-10-19(31-3)11-9-17)16(2)29(28-15)24-26-18(14-32-24)13-23(30)27-22-7-5-4-6-21(22)25/h4-11,14H,12-13H2,1-3H3,(H,27,30). The summed E-state index contributed by atoms with van der Waals surface area (Å²) in [4.78, 5) is 17.1. The van der Waals surface area contributed by atoms with E-state index in [1.807, 2.05) is 48.2 Å². The first-order chi connectivity index (χ1) is 15.4. The number of amides is 1. The van der Waals surface area contributed by atoms with Crippen LogP contribution in [0.4, 0.5) is 5.69 Å². The Bertz CT molecular complexity index is 1250. The Labute approximate surface area is 195 Å². The molecule has 0 aliphatic heterocycles. The lowest BCUT2D eigenvalue weighted by molar-refractivity contribution is -0.115. The molecular formula is C24H23ClN4O2S. The predicted molar refractivity (Wildman–Crippen MR) is 128 cm³/mol. The van der Waals surface area contributed by atoms with Gasteiger partial charge in [0, 0.05) is 23.1 Å². The van der Waals surface area contributed by atoms with Crippen LogP contribution in [0, 0.1) is 13.8 Å². The van der Waals surface area contributed by atoms with Crippen molar-refractivity contribution in [1.82, 2.24) is 14.8 Å². The lowest BCUT2D eigenvalue weighted by Crippen LogP contribution is -2.15. The number of rotatable bonds is 7. The van der Waals surface area contributed by atoms with E-state index in [4.69, 9.17) is 21.4 Å². The Morgan fingerprint density at radius 2 is 1.91 bits per heavy atom. The Morgan fingerprint density at radius 1 is 1.16 bits per heavy atom. The molecule has 0 saturated heterocycles. The molecule has 0 unspecified atom stereocenters. The molecule has 1 amide bonds. The second-order valence-electron chi connectivity index (χ2n) is 7.41. The van der Waals surface area contributed by atoms with Crippen molar-refractivity contribution in [3.63, 3.8) is 0 Å². The number of carbonyl (C=O) groups is 1. The quantitative estimate of drug-likeness (QED) is 0.397. The highest BCUT2D eigenvalue weighted by Gasteiger charge is 2.17. The van der Waals surface area contributed by atoms with E-state index < -0.39 is 0 Å². The number of aromatic nitrogens is 3. The molecule has 0 radical (unpaired) electrons. The van der Waals surface area contributed by atoms with Crippen molar-refractivity contribution in [2.24, 2.45) is 0 Å². The van der Waals surface area contributed by atoms with Gasteiger partial charge in [-0.05, 0) is 43.7 Å². The molecule has 164 valence electrons. The van der Waals surface area contributed by atoms with E-state index in [1.165, 1.54) is 22.5 Å². The van der Waals surface area contributed by atoms with Crippen molar-refractivity contribution in [2.45, 2.75) is 26.7 Å². The lowest BCUT2D eigenvalue weighted by atomic mass is 10.0. The zero-order valence-corrected chi connectivity index (χ0v) is 19.6. The molecule has 0 spiro atoms. The van der Waals surface area contributed by atoms with Gasteiger partial charge in [0.25, 0.3) is 0 Å². The fraction of sp³-hybridized carbons (Fsp3) is 0.208. The van der Waals surface area contributed by atoms with Gasteiger partial charge in [0.05, 0.1) is 35.6 Å². The van der Waals surface area contributed by atoms with Crippen LogP contribution in [0.25, 0.3) is 5.13 Å². The van der Waals surface area contributed by atoms with Gasteiger partial charge in [0.1, 0.15) is 5.75 Å². The molecule has 0 aliphatic carbocycles. The van der Waals surface area contributed by atoms with Crippen molar-refractivity contribution >= 4 is 34.5 Å². The summed E-state index contributed by atoms with van der Waals surface area (Å²) < 4.78 is 7.09. The van der Waals surface area contributed by atoms with E-state index in [9.17, 15) is 4.79 Å². The number of hydrogen-bond donors (Lipinski definition) is 1. The third-order valence-corrected chi connectivity index (χ3v) is 6.39. The third-order valence-electron chi connectivity index (χ3n) is 5.19. The van der Waals surface area contributed by atoms with Crippen molar-refractivity contribution in [3.8, 4) is 10.9 Å². The number of carbonyl (C=O) groups excluding carboxylic acids is 1. The van der Waals surface area contributed by atoms with Crippen LogP contribution in [0.5, 0.6) is 5.75 Å². The van der Waals surface area contributed by atoms with E-state index in [0.29, 0.717) is 16.4 Å².